The third-order valence-electron chi connectivity index (χ3n) is 2.89. The third-order valence-corrected chi connectivity index (χ3v) is 4.08. The molecule has 1 saturated heterocycles. The molecular weight excluding hydrogens is 251 g/mol. The van der Waals surface area contributed by atoms with E-state index in [1.807, 2.05) is 0 Å². The van der Waals surface area contributed by atoms with Crippen molar-refractivity contribution in [3.63, 3.8) is 0 Å². The van der Waals surface area contributed by atoms with E-state index in [-0.39, 0.29) is 11.5 Å². The minimum absolute atomic E-state index is 0.104. The van der Waals surface area contributed by atoms with Crippen molar-refractivity contribution in [2.24, 2.45) is 5.92 Å². The molecule has 0 amide bonds. The Kier molecular flexibility index (Phi) is 3.63. The van der Waals surface area contributed by atoms with E-state index in [2.05, 4.69) is 4.98 Å². The first-order chi connectivity index (χ1) is 8.00. The molecule has 2 heterocycles. The van der Waals surface area contributed by atoms with Gasteiger partial charge in [-0.25, -0.2) is 0 Å². The molecule has 1 aliphatic rings. The standard InChI is InChI=1S/C11H12F3NOS/c12-11(13,14)9-1-3-15-5-8(9)10(16)7-2-4-17-6-7/h1,3,5,7,10,16H,2,4,6H2. The Hall–Kier alpha value is -0.750. The summed E-state index contributed by atoms with van der Waals surface area (Å²) in [5.41, 5.74) is -0.885. The molecule has 0 aliphatic carbocycles. The number of hydrogen-bond donors (Lipinski definition) is 1. The van der Waals surface area contributed by atoms with Gasteiger partial charge in [0.1, 0.15) is 0 Å². The van der Waals surface area contributed by atoms with Gasteiger partial charge in [-0.3, -0.25) is 4.98 Å². The number of hydrogen-bond acceptors (Lipinski definition) is 3. The summed E-state index contributed by atoms with van der Waals surface area (Å²) in [6.07, 6.45) is -2.54. The van der Waals surface area contributed by atoms with Crippen LogP contribution in [0.15, 0.2) is 18.5 Å². The van der Waals surface area contributed by atoms with Gasteiger partial charge >= 0.3 is 6.18 Å². The Morgan fingerprint density at radius 1 is 1.47 bits per heavy atom. The first-order valence-corrected chi connectivity index (χ1v) is 6.42. The molecule has 1 aromatic rings. The van der Waals surface area contributed by atoms with Gasteiger partial charge in [-0.1, -0.05) is 0 Å². The highest BCUT2D eigenvalue weighted by Crippen LogP contribution is 2.39. The molecule has 0 spiro atoms. The summed E-state index contributed by atoms with van der Waals surface area (Å²) in [5.74, 6) is 1.49. The van der Waals surface area contributed by atoms with Crippen LogP contribution < -0.4 is 0 Å². The zero-order valence-corrected chi connectivity index (χ0v) is 9.76. The highest BCUT2D eigenvalue weighted by Gasteiger charge is 2.37. The largest absolute Gasteiger partial charge is 0.416 e. The zero-order chi connectivity index (χ0) is 12.5. The first-order valence-electron chi connectivity index (χ1n) is 5.27. The van der Waals surface area contributed by atoms with Crippen molar-refractivity contribution in [2.45, 2.75) is 18.7 Å². The molecule has 94 valence electrons. The molecular formula is C11H12F3NOS. The minimum atomic E-state index is -4.44. The highest BCUT2D eigenvalue weighted by atomic mass is 32.2. The zero-order valence-electron chi connectivity index (χ0n) is 8.94. The van der Waals surface area contributed by atoms with Gasteiger partial charge in [0.15, 0.2) is 0 Å². The lowest BCUT2D eigenvalue weighted by Gasteiger charge is -2.21. The van der Waals surface area contributed by atoms with Crippen LogP contribution in [0.1, 0.15) is 23.7 Å². The van der Waals surface area contributed by atoms with Gasteiger partial charge in [0.2, 0.25) is 0 Å². The third kappa shape index (κ3) is 2.74. The fraction of sp³-hybridized carbons (Fsp3) is 0.545. The maximum atomic E-state index is 12.8. The number of aliphatic hydroxyl groups excluding tert-OH is 1. The maximum Gasteiger partial charge on any atom is 0.416 e. The molecule has 1 fully saturated rings. The molecule has 0 aromatic carbocycles. The summed E-state index contributed by atoms with van der Waals surface area (Å²) in [6, 6.07) is 0.917. The number of alkyl halides is 3. The van der Waals surface area contributed by atoms with Crippen molar-refractivity contribution in [1.82, 2.24) is 4.98 Å². The fourth-order valence-electron chi connectivity index (χ4n) is 1.96. The average molecular weight is 263 g/mol. The van der Waals surface area contributed by atoms with E-state index in [0.717, 1.165) is 30.6 Å². The van der Waals surface area contributed by atoms with Crippen molar-refractivity contribution in [3.05, 3.63) is 29.6 Å². The monoisotopic (exact) mass is 263 g/mol. The molecule has 0 bridgehead atoms. The van der Waals surface area contributed by atoms with Crippen LogP contribution in [0.5, 0.6) is 0 Å². The SMILES string of the molecule is OC(c1cnccc1C(F)(F)F)C1CCSC1. The van der Waals surface area contributed by atoms with Crippen molar-refractivity contribution < 1.29 is 18.3 Å². The number of nitrogens with zero attached hydrogens (tertiary/aromatic N) is 1. The quantitative estimate of drug-likeness (QED) is 0.890. The lowest BCUT2D eigenvalue weighted by Crippen LogP contribution is -2.18. The molecule has 2 atom stereocenters. The van der Waals surface area contributed by atoms with Gasteiger partial charge in [0, 0.05) is 18.0 Å². The molecule has 0 saturated carbocycles. The number of rotatable bonds is 2. The molecule has 2 nitrogen and oxygen atoms in total. The van der Waals surface area contributed by atoms with Crippen LogP contribution in [-0.2, 0) is 6.18 Å². The second-order valence-corrected chi connectivity index (χ2v) is 5.18. The topological polar surface area (TPSA) is 33.1 Å². The first kappa shape index (κ1) is 12.7. The van der Waals surface area contributed by atoms with Crippen LogP contribution in [0.4, 0.5) is 13.2 Å². The smallest absolute Gasteiger partial charge is 0.388 e. The molecule has 0 radical (unpaired) electrons. The molecule has 17 heavy (non-hydrogen) atoms. The molecule has 1 N–H and O–H groups in total. The second-order valence-electron chi connectivity index (χ2n) is 4.03. The van der Waals surface area contributed by atoms with Crippen molar-refractivity contribution >= 4 is 11.8 Å². The Morgan fingerprint density at radius 3 is 2.82 bits per heavy atom. The lowest BCUT2D eigenvalue weighted by atomic mass is 9.93. The van der Waals surface area contributed by atoms with Crippen molar-refractivity contribution in [3.8, 4) is 0 Å². The molecule has 1 aromatic heterocycles. The molecule has 2 rings (SSSR count). The van der Waals surface area contributed by atoms with Gasteiger partial charge in [-0.2, -0.15) is 24.9 Å². The van der Waals surface area contributed by atoms with E-state index in [9.17, 15) is 18.3 Å². The van der Waals surface area contributed by atoms with Gasteiger partial charge < -0.3 is 5.11 Å². The van der Waals surface area contributed by atoms with Crippen LogP contribution in [0.25, 0.3) is 0 Å². The second kappa shape index (κ2) is 4.86. The summed E-state index contributed by atoms with van der Waals surface area (Å²) in [4.78, 5) is 3.68. The Morgan fingerprint density at radius 2 is 2.24 bits per heavy atom. The van der Waals surface area contributed by atoms with Gasteiger partial charge in [-0.15, -0.1) is 0 Å². The van der Waals surface area contributed by atoms with Crippen LogP contribution in [0.2, 0.25) is 0 Å². The summed E-state index contributed by atoms with van der Waals surface area (Å²) >= 11 is 1.66. The summed E-state index contributed by atoms with van der Waals surface area (Å²) in [5, 5.41) is 10.0. The van der Waals surface area contributed by atoms with Gasteiger partial charge in [0.05, 0.1) is 11.7 Å². The normalized spacial score (nSPS) is 22.7. The molecule has 2 unspecified atom stereocenters. The van der Waals surface area contributed by atoms with E-state index in [1.54, 1.807) is 11.8 Å². The average Bonchev–Trinajstić information content (AvgIpc) is 2.80. The van der Waals surface area contributed by atoms with Crippen LogP contribution in [0.3, 0.4) is 0 Å². The summed E-state index contributed by atoms with van der Waals surface area (Å²) < 4.78 is 38.3. The number of halogens is 3. The predicted molar refractivity (Wildman–Crippen MR) is 59.6 cm³/mol. The van der Waals surface area contributed by atoms with E-state index >= 15 is 0 Å². The van der Waals surface area contributed by atoms with E-state index in [1.165, 1.54) is 0 Å². The summed E-state index contributed by atoms with van der Waals surface area (Å²) in [6.45, 7) is 0. The Bertz CT molecular complexity index is 391. The number of aliphatic hydroxyl groups is 1. The fourth-order valence-corrected chi connectivity index (χ4v) is 3.24. The Labute approximate surface area is 101 Å². The lowest BCUT2D eigenvalue weighted by molar-refractivity contribution is -0.139. The van der Waals surface area contributed by atoms with Crippen LogP contribution in [-0.4, -0.2) is 21.6 Å². The number of pyridine rings is 1. The molecule has 6 heteroatoms. The number of thioether (sulfide) groups is 1. The van der Waals surface area contributed by atoms with E-state index in [4.69, 9.17) is 0 Å². The predicted octanol–water partition coefficient (Wildman–Crippen LogP) is 2.89. The number of aromatic nitrogens is 1. The van der Waals surface area contributed by atoms with Gasteiger partial charge in [-0.05, 0) is 29.9 Å². The highest BCUT2D eigenvalue weighted by molar-refractivity contribution is 7.99. The van der Waals surface area contributed by atoms with Crippen molar-refractivity contribution in [2.75, 3.05) is 11.5 Å². The maximum absolute atomic E-state index is 12.8. The van der Waals surface area contributed by atoms with Crippen molar-refractivity contribution in [1.29, 1.82) is 0 Å². The van der Waals surface area contributed by atoms with E-state index in [0.29, 0.717) is 5.75 Å². The Balaban J connectivity index is 2.31. The molecule has 1 aliphatic heterocycles. The van der Waals surface area contributed by atoms with E-state index < -0.39 is 17.8 Å². The van der Waals surface area contributed by atoms with Crippen LogP contribution >= 0.6 is 11.8 Å². The van der Waals surface area contributed by atoms with Crippen LogP contribution in [0, 0.1) is 5.92 Å². The summed E-state index contributed by atoms with van der Waals surface area (Å²) in [7, 11) is 0. The minimum Gasteiger partial charge on any atom is -0.388 e. The van der Waals surface area contributed by atoms with Gasteiger partial charge in [0.25, 0.3) is 0 Å².